The monoisotopic (exact) mass is 517 g/mol. The van der Waals surface area contributed by atoms with E-state index in [4.69, 9.17) is 7.85 Å². The third-order valence-corrected chi connectivity index (χ3v) is 7.56. The van der Waals surface area contributed by atoms with Crippen LogP contribution >= 0.6 is 0 Å². The number of nitrogens with zero attached hydrogens (tertiary/aromatic N) is 3. The second-order valence-corrected chi connectivity index (χ2v) is 10.8. The molecule has 0 unspecified atom stereocenters. The van der Waals surface area contributed by atoms with Crippen molar-refractivity contribution in [3.05, 3.63) is 95.1 Å². The van der Waals surface area contributed by atoms with Crippen LogP contribution < -0.4 is 5.46 Å². The number of rotatable bonds is 9. The van der Waals surface area contributed by atoms with Gasteiger partial charge in [-0.25, -0.2) is 0 Å². The van der Waals surface area contributed by atoms with Gasteiger partial charge in [0.05, 0.1) is 16.7 Å². The van der Waals surface area contributed by atoms with E-state index in [2.05, 4.69) is 83.9 Å². The quantitative estimate of drug-likeness (QED) is 0.264. The molecule has 0 saturated heterocycles. The lowest BCUT2D eigenvalue weighted by molar-refractivity contribution is 0.251. The predicted octanol–water partition coefficient (Wildman–Crippen LogP) is 5.21. The third kappa shape index (κ3) is 5.54. The highest BCUT2D eigenvalue weighted by Crippen LogP contribution is 2.37. The number of aromatic hydroxyl groups is 2. The van der Waals surface area contributed by atoms with Crippen molar-refractivity contribution >= 4 is 35.1 Å². The Balaban J connectivity index is 1.31. The molecule has 0 spiro atoms. The number of fused-ring (bicyclic) bond motifs is 3. The fourth-order valence-electron chi connectivity index (χ4n) is 5.52. The lowest BCUT2D eigenvalue weighted by Crippen LogP contribution is -2.32. The number of hydrogen-bond acceptors (Lipinski definition) is 4. The van der Waals surface area contributed by atoms with Gasteiger partial charge in [0.25, 0.3) is 0 Å². The molecule has 0 aliphatic carbocycles. The fraction of sp³-hybridized carbons (Fsp3) is 0.273. The molecule has 1 aromatic heterocycles. The van der Waals surface area contributed by atoms with Crippen molar-refractivity contribution < 1.29 is 10.2 Å². The van der Waals surface area contributed by atoms with Crippen LogP contribution in [-0.2, 0) is 13.0 Å². The first-order valence-corrected chi connectivity index (χ1v) is 13.5. The first kappa shape index (κ1) is 26.9. The van der Waals surface area contributed by atoms with Crippen LogP contribution in [0.1, 0.15) is 22.3 Å². The molecule has 4 aromatic carbocycles. The lowest BCUT2D eigenvalue weighted by atomic mass is 9.90. The van der Waals surface area contributed by atoms with Crippen LogP contribution in [0.5, 0.6) is 11.5 Å². The van der Waals surface area contributed by atoms with E-state index < -0.39 is 0 Å². The maximum atomic E-state index is 11.5. The molecule has 0 bridgehead atoms. The van der Waals surface area contributed by atoms with Crippen molar-refractivity contribution in [1.82, 2.24) is 14.4 Å². The summed E-state index contributed by atoms with van der Waals surface area (Å²) >= 11 is 0. The van der Waals surface area contributed by atoms with E-state index in [0.29, 0.717) is 17.8 Å². The van der Waals surface area contributed by atoms with Gasteiger partial charge in [0, 0.05) is 42.5 Å². The molecule has 2 radical (unpaired) electrons. The maximum absolute atomic E-state index is 11.5. The maximum Gasteiger partial charge on any atom is 0.144 e. The SMILES string of the molecule is [B]c1cc(C)cc(CCN(C)CCN(C)Cc2cc(C)cc(-n3c4ccccc4c4ccccc43)c2O)c1O. The smallest absolute Gasteiger partial charge is 0.144 e. The van der Waals surface area contributed by atoms with Crippen molar-refractivity contribution in [3.8, 4) is 17.2 Å². The molecule has 5 nitrogen and oxygen atoms in total. The fourth-order valence-corrected chi connectivity index (χ4v) is 5.52. The number of benzene rings is 4. The molecule has 0 aliphatic rings. The van der Waals surface area contributed by atoms with Gasteiger partial charge in [0.1, 0.15) is 19.3 Å². The Morgan fingerprint density at radius 2 is 1.26 bits per heavy atom. The van der Waals surface area contributed by atoms with Crippen LogP contribution in [-0.4, -0.2) is 66.2 Å². The van der Waals surface area contributed by atoms with Crippen LogP contribution in [0, 0.1) is 13.8 Å². The van der Waals surface area contributed by atoms with E-state index >= 15 is 0 Å². The number of hydrogen-bond donors (Lipinski definition) is 2. The summed E-state index contributed by atoms with van der Waals surface area (Å²) in [4.78, 5) is 4.50. The number of aromatic nitrogens is 1. The number of aryl methyl sites for hydroxylation is 2. The normalized spacial score (nSPS) is 11.8. The number of likely N-dealkylation sites (N-methyl/N-ethyl adjacent to an activating group) is 2. The Hall–Kier alpha value is -3.74. The standard InChI is InChI=1S/C33H36BN3O2/c1-22-17-24(32(38)28(34)19-22)13-14-35(3)15-16-36(4)21-25-18-23(2)20-31(33(25)39)37-29-11-7-5-9-26(29)27-10-6-8-12-30(27)37/h5-12,17-20,38-39H,13-16,21H2,1-4H3. The average molecular weight is 517 g/mol. The van der Waals surface area contributed by atoms with Gasteiger partial charge in [0.2, 0.25) is 0 Å². The molecule has 198 valence electrons. The van der Waals surface area contributed by atoms with Gasteiger partial charge in [-0.2, -0.15) is 0 Å². The second kappa shape index (κ2) is 11.2. The molecule has 5 rings (SSSR count). The summed E-state index contributed by atoms with van der Waals surface area (Å²) in [6.45, 7) is 7.24. The van der Waals surface area contributed by atoms with Crippen molar-refractivity contribution in [2.45, 2.75) is 26.8 Å². The van der Waals surface area contributed by atoms with Gasteiger partial charge in [-0.15, -0.1) is 0 Å². The van der Waals surface area contributed by atoms with E-state index in [0.717, 1.165) is 65.0 Å². The number of phenolic OH excluding ortho intramolecular Hbond substituents is 2. The molecule has 0 saturated carbocycles. The molecule has 6 heteroatoms. The molecule has 0 atom stereocenters. The van der Waals surface area contributed by atoms with Crippen molar-refractivity contribution in [1.29, 1.82) is 0 Å². The van der Waals surface area contributed by atoms with Gasteiger partial charge in [0.15, 0.2) is 0 Å². The molecule has 0 amide bonds. The van der Waals surface area contributed by atoms with Crippen LogP contribution in [0.2, 0.25) is 0 Å². The first-order chi connectivity index (χ1) is 18.7. The summed E-state index contributed by atoms with van der Waals surface area (Å²) in [5.41, 5.74) is 7.38. The summed E-state index contributed by atoms with van der Waals surface area (Å²) in [6, 6.07) is 24.7. The molecular formula is C33H36BN3O2. The van der Waals surface area contributed by atoms with E-state index in [1.807, 2.05) is 25.1 Å². The molecule has 0 aliphatic heterocycles. The minimum absolute atomic E-state index is 0.195. The zero-order valence-electron chi connectivity index (χ0n) is 23.3. The topological polar surface area (TPSA) is 51.9 Å². The highest BCUT2D eigenvalue weighted by Gasteiger charge is 2.18. The zero-order valence-corrected chi connectivity index (χ0v) is 23.3. The Morgan fingerprint density at radius 1 is 0.692 bits per heavy atom. The average Bonchev–Trinajstić information content (AvgIpc) is 3.25. The predicted molar refractivity (Wildman–Crippen MR) is 163 cm³/mol. The third-order valence-electron chi connectivity index (χ3n) is 7.56. The summed E-state index contributed by atoms with van der Waals surface area (Å²) in [7, 11) is 10.1. The van der Waals surface area contributed by atoms with Gasteiger partial charge in [-0.05, 0) is 63.7 Å². The van der Waals surface area contributed by atoms with Gasteiger partial charge >= 0.3 is 0 Å². The first-order valence-electron chi connectivity index (χ1n) is 13.5. The van der Waals surface area contributed by atoms with Crippen molar-refractivity contribution in [2.24, 2.45) is 0 Å². The highest BCUT2D eigenvalue weighted by molar-refractivity contribution is 6.34. The van der Waals surface area contributed by atoms with Gasteiger partial charge in [-0.3, -0.25) is 0 Å². The summed E-state index contributed by atoms with van der Waals surface area (Å²) in [5, 5.41) is 24.2. The summed E-state index contributed by atoms with van der Waals surface area (Å²) < 4.78 is 2.18. The van der Waals surface area contributed by atoms with Crippen LogP contribution in [0.15, 0.2) is 72.8 Å². The van der Waals surface area contributed by atoms with Crippen molar-refractivity contribution in [3.63, 3.8) is 0 Å². The molecule has 0 fully saturated rings. The van der Waals surface area contributed by atoms with E-state index in [1.165, 1.54) is 10.8 Å². The molecule has 5 aromatic rings. The Morgan fingerprint density at radius 3 is 1.92 bits per heavy atom. The molecular weight excluding hydrogens is 481 g/mol. The number of para-hydroxylation sites is 2. The largest absolute Gasteiger partial charge is 0.508 e. The Kier molecular flexibility index (Phi) is 7.69. The lowest BCUT2D eigenvalue weighted by Gasteiger charge is -2.23. The van der Waals surface area contributed by atoms with Crippen LogP contribution in [0.25, 0.3) is 27.5 Å². The highest BCUT2D eigenvalue weighted by atomic mass is 16.3. The Bertz CT molecular complexity index is 1590. The van der Waals surface area contributed by atoms with Crippen molar-refractivity contribution in [2.75, 3.05) is 33.7 Å². The number of phenols is 2. The Labute approximate surface area is 232 Å². The van der Waals surface area contributed by atoms with E-state index in [1.54, 1.807) is 6.07 Å². The van der Waals surface area contributed by atoms with Crippen LogP contribution in [0.4, 0.5) is 0 Å². The zero-order chi connectivity index (χ0) is 27.7. The van der Waals surface area contributed by atoms with Gasteiger partial charge < -0.3 is 24.6 Å². The van der Waals surface area contributed by atoms with Crippen LogP contribution in [0.3, 0.4) is 0 Å². The molecule has 1 heterocycles. The molecule has 39 heavy (non-hydrogen) atoms. The second-order valence-electron chi connectivity index (χ2n) is 10.8. The summed E-state index contributed by atoms with van der Waals surface area (Å²) in [6.07, 6.45) is 0.735. The van der Waals surface area contributed by atoms with E-state index in [9.17, 15) is 10.2 Å². The van der Waals surface area contributed by atoms with E-state index in [-0.39, 0.29) is 5.75 Å². The minimum atomic E-state index is 0.195. The van der Waals surface area contributed by atoms with Gasteiger partial charge in [-0.1, -0.05) is 65.6 Å². The summed E-state index contributed by atoms with van der Waals surface area (Å²) in [5.74, 6) is 0.514. The molecule has 2 N–H and O–H groups in total. The minimum Gasteiger partial charge on any atom is -0.508 e.